The fraction of sp³-hybridized carbons (Fsp3) is 0.258. The van der Waals surface area contributed by atoms with E-state index < -0.39 is 0 Å². The molecule has 2 atom stereocenters. The third kappa shape index (κ3) is 5.21. The maximum atomic E-state index is 12.3. The molecule has 0 radical (unpaired) electrons. The van der Waals surface area contributed by atoms with Crippen LogP contribution in [0.15, 0.2) is 66.9 Å². The third-order valence-electron chi connectivity index (χ3n) is 7.31. The maximum absolute atomic E-state index is 12.3. The van der Waals surface area contributed by atoms with Gasteiger partial charge in [-0.15, -0.1) is 0 Å². The molecule has 2 N–H and O–H groups in total. The second-order valence-corrected chi connectivity index (χ2v) is 11.6. The largest absolute Gasteiger partial charge is 0.351 e. The number of carbonyl (C=O) groups excluding carboxylic acids is 1. The van der Waals surface area contributed by atoms with Gasteiger partial charge in [-0.25, -0.2) is 0 Å². The van der Waals surface area contributed by atoms with Crippen molar-refractivity contribution in [1.82, 2.24) is 14.9 Å². The molecule has 0 aliphatic carbocycles. The number of halogens is 2. The molecule has 2 aromatic heterocycles. The number of aryl methyl sites for hydroxylation is 2. The average molecular weight is 593 g/mol. The molecule has 9 heteroatoms. The van der Waals surface area contributed by atoms with E-state index in [9.17, 15) is 4.79 Å². The van der Waals surface area contributed by atoms with E-state index >= 15 is 0 Å². The van der Waals surface area contributed by atoms with Gasteiger partial charge in [0.15, 0.2) is 5.11 Å². The van der Waals surface area contributed by atoms with Gasteiger partial charge in [-0.3, -0.25) is 9.78 Å². The number of pyridine rings is 1. The van der Waals surface area contributed by atoms with Crippen LogP contribution in [0.25, 0.3) is 5.69 Å². The molecule has 3 heterocycles. The van der Waals surface area contributed by atoms with Gasteiger partial charge < -0.3 is 20.1 Å². The summed E-state index contributed by atoms with van der Waals surface area (Å²) in [5, 5.41) is 8.11. The van der Waals surface area contributed by atoms with Crippen LogP contribution in [0.4, 0.5) is 11.4 Å². The Labute approximate surface area is 250 Å². The van der Waals surface area contributed by atoms with E-state index in [1.807, 2.05) is 68.4 Å². The van der Waals surface area contributed by atoms with Crippen molar-refractivity contribution in [2.45, 2.75) is 46.7 Å². The van der Waals surface area contributed by atoms with Gasteiger partial charge in [-0.1, -0.05) is 49.2 Å². The van der Waals surface area contributed by atoms with Crippen molar-refractivity contribution in [2.75, 3.05) is 10.2 Å². The van der Waals surface area contributed by atoms with Crippen molar-refractivity contribution in [3.8, 4) is 5.69 Å². The number of hydrogen-bond acceptors (Lipinski definition) is 3. The van der Waals surface area contributed by atoms with Gasteiger partial charge in [0.05, 0.1) is 28.5 Å². The first-order valence-corrected chi connectivity index (χ1v) is 14.3. The summed E-state index contributed by atoms with van der Waals surface area (Å²) in [6.45, 7) is 9.99. The summed E-state index contributed by atoms with van der Waals surface area (Å²) in [6.07, 6.45) is 1.79. The molecular weight excluding hydrogens is 561 g/mol. The lowest BCUT2D eigenvalue weighted by Crippen LogP contribution is -2.29. The normalized spacial score (nSPS) is 16.9. The molecule has 1 aliphatic heterocycles. The zero-order valence-electron chi connectivity index (χ0n) is 23.0. The third-order valence-corrected chi connectivity index (χ3v) is 8.17. The number of carbonyl (C=O) groups is 1. The van der Waals surface area contributed by atoms with E-state index in [1.54, 1.807) is 6.20 Å². The van der Waals surface area contributed by atoms with Crippen LogP contribution in [0.5, 0.6) is 0 Å². The monoisotopic (exact) mass is 591 g/mol. The number of nitrogens with one attached hydrogen (secondary N) is 2. The topological polar surface area (TPSA) is 62.2 Å². The van der Waals surface area contributed by atoms with Crippen molar-refractivity contribution in [3.05, 3.63) is 105 Å². The van der Waals surface area contributed by atoms with Gasteiger partial charge in [0.25, 0.3) is 0 Å². The van der Waals surface area contributed by atoms with E-state index in [1.165, 1.54) is 0 Å². The Bertz CT molecular complexity index is 1600. The molecule has 206 valence electrons. The number of nitrogens with zero attached hydrogens (tertiary/aromatic N) is 3. The Morgan fingerprint density at radius 1 is 1.05 bits per heavy atom. The minimum absolute atomic E-state index is 0.0927. The Hall–Kier alpha value is -3.39. The molecule has 5 rings (SSSR count). The van der Waals surface area contributed by atoms with Gasteiger partial charge in [0, 0.05) is 39.9 Å². The van der Waals surface area contributed by atoms with E-state index in [0.29, 0.717) is 20.8 Å². The van der Waals surface area contributed by atoms with Crippen LogP contribution in [0, 0.1) is 26.7 Å². The van der Waals surface area contributed by atoms with Crippen molar-refractivity contribution in [3.63, 3.8) is 0 Å². The second-order valence-electron chi connectivity index (χ2n) is 10.4. The minimum atomic E-state index is -0.214. The quantitative estimate of drug-likeness (QED) is 0.223. The highest BCUT2D eigenvalue weighted by molar-refractivity contribution is 7.80. The summed E-state index contributed by atoms with van der Waals surface area (Å²) in [5.41, 5.74) is 7.70. The van der Waals surface area contributed by atoms with Crippen molar-refractivity contribution in [2.24, 2.45) is 5.92 Å². The van der Waals surface area contributed by atoms with Gasteiger partial charge in [0.2, 0.25) is 5.91 Å². The molecule has 1 saturated heterocycles. The zero-order chi connectivity index (χ0) is 28.7. The second kappa shape index (κ2) is 11.2. The Kier molecular flexibility index (Phi) is 7.91. The van der Waals surface area contributed by atoms with E-state index in [4.69, 9.17) is 35.4 Å². The van der Waals surface area contributed by atoms with Crippen molar-refractivity contribution >= 4 is 57.8 Å². The zero-order valence-corrected chi connectivity index (χ0v) is 25.3. The SMILES string of the molecule is Cc1ccc(Cl)cc1-n1c(C)cc([C@H]2[C@@H](c3ccccn3)NC(=S)N2c2ccc(NC(=O)C(C)C)c(Cl)c2)c1C. The molecule has 0 bridgehead atoms. The van der Waals surface area contributed by atoms with Crippen LogP contribution in [0.2, 0.25) is 10.0 Å². The standard InChI is InChI=1S/C31H31Cl2N5OS/c1-17(2)30(39)35-25-12-11-22(16-24(25)33)38-29(28(36-31(38)40)26-8-6-7-13-34-26)23-14-19(4)37(20(23)5)27-15-21(32)10-9-18(27)3/h6-17,28-29H,1-5H3,(H,35,39)(H,36,40)/t28-,29+/m1/s1. The molecule has 2 aromatic carbocycles. The lowest BCUT2D eigenvalue weighted by Gasteiger charge is -2.28. The van der Waals surface area contributed by atoms with Gasteiger partial charge >= 0.3 is 0 Å². The fourth-order valence-electron chi connectivity index (χ4n) is 5.26. The van der Waals surface area contributed by atoms with Crippen LogP contribution in [-0.4, -0.2) is 20.6 Å². The molecular formula is C31H31Cl2N5OS. The molecule has 0 saturated carbocycles. The molecule has 0 unspecified atom stereocenters. The van der Waals surface area contributed by atoms with E-state index in [-0.39, 0.29) is 23.9 Å². The molecule has 1 aliphatic rings. The first-order valence-electron chi connectivity index (χ1n) is 13.1. The van der Waals surface area contributed by atoms with Crippen LogP contribution >= 0.6 is 35.4 Å². The number of hydrogen-bond donors (Lipinski definition) is 2. The number of anilines is 2. The predicted octanol–water partition coefficient (Wildman–Crippen LogP) is 7.88. The highest BCUT2D eigenvalue weighted by Gasteiger charge is 2.42. The van der Waals surface area contributed by atoms with Crippen LogP contribution in [0.3, 0.4) is 0 Å². The van der Waals surface area contributed by atoms with E-state index in [2.05, 4.69) is 51.9 Å². The highest BCUT2D eigenvalue weighted by atomic mass is 35.5. The first kappa shape index (κ1) is 28.1. The minimum Gasteiger partial charge on any atom is -0.351 e. The van der Waals surface area contributed by atoms with Crippen LogP contribution in [0.1, 0.15) is 54.1 Å². The lowest BCUT2D eigenvalue weighted by molar-refractivity contribution is -0.118. The van der Waals surface area contributed by atoms with Crippen LogP contribution in [-0.2, 0) is 4.79 Å². The Morgan fingerprint density at radius 2 is 1.82 bits per heavy atom. The van der Waals surface area contributed by atoms with E-state index in [0.717, 1.165) is 39.6 Å². The van der Waals surface area contributed by atoms with Crippen molar-refractivity contribution in [1.29, 1.82) is 0 Å². The molecule has 4 aromatic rings. The summed E-state index contributed by atoms with van der Waals surface area (Å²) < 4.78 is 2.24. The fourth-order valence-corrected chi connectivity index (χ4v) is 6.00. The highest BCUT2D eigenvalue weighted by Crippen LogP contribution is 2.45. The predicted molar refractivity (Wildman–Crippen MR) is 168 cm³/mol. The Morgan fingerprint density at radius 3 is 2.50 bits per heavy atom. The number of amides is 1. The Balaban J connectivity index is 1.64. The molecule has 40 heavy (non-hydrogen) atoms. The van der Waals surface area contributed by atoms with Crippen molar-refractivity contribution < 1.29 is 4.79 Å². The average Bonchev–Trinajstić information content (AvgIpc) is 3.41. The lowest BCUT2D eigenvalue weighted by atomic mass is 9.96. The molecule has 1 fully saturated rings. The van der Waals surface area contributed by atoms with Gasteiger partial charge in [-0.05, 0) is 92.6 Å². The summed E-state index contributed by atoms with van der Waals surface area (Å²) >= 11 is 19.0. The molecule has 6 nitrogen and oxygen atoms in total. The van der Waals surface area contributed by atoms with Crippen LogP contribution < -0.4 is 15.5 Å². The number of rotatable bonds is 6. The summed E-state index contributed by atoms with van der Waals surface area (Å²) in [5.74, 6) is -0.252. The number of thiocarbonyl (C=S) groups is 1. The molecule has 1 amide bonds. The summed E-state index contributed by atoms with van der Waals surface area (Å²) in [6, 6.07) is 19.2. The van der Waals surface area contributed by atoms with Gasteiger partial charge in [-0.2, -0.15) is 0 Å². The first-order chi connectivity index (χ1) is 19.1. The smallest absolute Gasteiger partial charge is 0.226 e. The van der Waals surface area contributed by atoms with Gasteiger partial charge in [0.1, 0.15) is 0 Å². The number of benzene rings is 2. The molecule has 0 spiro atoms. The maximum Gasteiger partial charge on any atom is 0.226 e. The number of aromatic nitrogens is 2. The summed E-state index contributed by atoms with van der Waals surface area (Å²) in [4.78, 5) is 19.1. The summed E-state index contributed by atoms with van der Waals surface area (Å²) in [7, 11) is 0.